The molecule has 1 fully saturated rings. The van der Waals surface area contributed by atoms with E-state index in [1.807, 2.05) is 6.07 Å². The molecule has 5 nitrogen and oxygen atoms in total. The molecule has 0 radical (unpaired) electrons. The van der Waals surface area contributed by atoms with Gasteiger partial charge in [0, 0.05) is 51.0 Å². The minimum atomic E-state index is -0.227. The number of para-hydroxylation sites is 1. The molecule has 2 aromatic rings. The van der Waals surface area contributed by atoms with Gasteiger partial charge in [-0.2, -0.15) is 0 Å². The van der Waals surface area contributed by atoms with Gasteiger partial charge in [-0.15, -0.1) is 0 Å². The first-order valence-electron chi connectivity index (χ1n) is 9.83. The molecule has 28 heavy (non-hydrogen) atoms. The Hall–Kier alpha value is -2.60. The van der Waals surface area contributed by atoms with Crippen LogP contribution in [0.1, 0.15) is 18.1 Å². The van der Waals surface area contributed by atoms with E-state index in [1.165, 1.54) is 11.8 Å². The van der Waals surface area contributed by atoms with E-state index < -0.39 is 0 Å². The van der Waals surface area contributed by atoms with Gasteiger partial charge in [-0.25, -0.2) is 9.18 Å². The topological polar surface area (TPSA) is 47.6 Å². The van der Waals surface area contributed by atoms with Crippen molar-refractivity contribution in [2.24, 2.45) is 0 Å². The Balaban J connectivity index is 1.37. The highest BCUT2D eigenvalue weighted by Gasteiger charge is 2.21. The summed E-state index contributed by atoms with van der Waals surface area (Å²) < 4.78 is 13.3. The van der Waals surface area contributed by atoms with Crippen LogP contribution in [0.15, 0.2) is 48.5 Å². The van der Waals surface area contributed by atoms with Crippen LogP contribution >= 0.6 is 0 Å². The largest absolute Gasteiger partial charge is 0.369 e. The van der Waals surface area contributed by atoms with Crippen molar-refractivity contribution in [1.29, 1.82) is 0 Å². The minimum absolute atomic E-state index is 0.197. The summed E-state index contributed by atoms with van der Waals surface area (Å²) in [6, 6.07) is 15.4. The summed E-state index contributed by atoms with van der Waals surface area (Å²) in [6.45, 7) is 8.79. The summed E-state index contributed by atoms with van der Waals surface area (Å²) in [5.41, 5.74) is 2.74. The van der Waals surface area contributed by atoms with E-state index in [9.17, 15) is 9.18 Å². The van der Waals surface area contributed by atoms with Crippen molar-refractivity contribution in [3.8, 4) is 0 Å². The van der Waals surface area contributed by atoms with Gasteiger partial charge in [0.2, 0.25) is 0 Å². The molecule has 3 rings (SSSR count). The van der Waals surface area contributed by atoms with Crippen molar-refractivity contribution in [3.05, 3.63) is 65.5 Å². The zero-order valence-corrected chi connectivity index (χ0v) is 16.6. The molecule has 0 saturated carbocycles. The predicted molar refractivity (Wildman–Crippen MR) is 111 cm³/mol. The van der Waals surface area contributed by atoms with Crippen LogP contribution < -0.4 is 15.5 Å². The van der Waals surface area contributed by atoms with Crippen LogP contribution in [0, 0.1) is 12.7 Å². The van der Waals surface area contributed by atoms with Gasteiger partial charge in [0.05, 0.1) is 0 Å². The van der Waals surface area contributed by atoms with E-state index in [4.69, 9.17) is 0 Å². The highest BCUT2D eigenvalue weighted by Crippen LogP contribution is 2.16. The number of nitrogens with one attached hydrogen (secondary N) is 2. The van der Waals surface area contributed by atoms with Gasteiger partial charge in [0.25, 0.3) is 0 Å². The lowest BCUT2D eigenvalue weighted by atomic mass is 10.1. The number of nitrogens with zero attached hydrogens (tertiary/aromatic N) is 2. The molecular formula is C22H29FN4O. The van der Waals surface area contributed by atoms with Gasteiger partial charge in [-0.3, -0.25) is 4.90 Å². The summed E-state index contributed by atoms with van der Waals surface area (Å²) in [7, 11) is 0. The molecule has 150 valence electrons. The van der Waals surface area contributed by atoms with Gasteiger partial charge < -0.3 is 15.5 Å². The molecule has 2 aromatic carbocycles. The lowest BCUT2D eigenvalue weighted by Crippen LogP contribution is -2.53. The van der Waals surface area contributed by atoms with E-state index in [0.29, 0.717) is 18.7 Å². The standard InChI is InChI=1S/C22H29FN4O/c1-17-14-19(8-9-21(17)23)16-25-22(28)24-15-18(2)26-10-12-27(13-11-26)20-6-4-3-5-7-20/h3-9,14,18H,10-13,15-16H2,1-2H3,(H2,24,25,28). The maximum Gasteiger partial charge on any atom is 0.315 e. The lowest BCUT2D eigenvalue weighted by molar-refractivity contribution is 0.190. The summed E-state index contributed by atoms with van der Waals surface area (Å²) in [5, 5.41) is 5.77. The average molecular weight is 384 g/mol. The Labute approximate surface area is 166 Å². The molecule has 2 N–H and O–H groups in total. The summed E-state index contributed by atoms with van der Waals surface area (Å²) in [4.78, 5) is 16.9. The molecule has 1 saturated heterocycles. The molecule has 0 aromatic heterocycles. The highest BCUT2D eigenvalue weighted by molar-refractivity contribution is 5.73. The molecule has 1 atom stereocenters. The first-order valence-corrected chi connectivity index (χ1v) is 9.83. The van der Waals surface area contributed by atoms with Crippen LogP contribution in [0.4, 0.5) is 14.9 Å². The van der Waals surface area contributed by atoms with Crippen LogP contribution in [0.5, 0.6) is 0 Å². The highest BCUT2D eigenvalue weighted by atomic mass is 19.1. The third-order valence-corrected chi connectivity index (χ3v) is 5.29. The number of carbonyl (C=O) groups excluding carboxylic acids is 1. The lowest BCUT2D eigenvalue weighted by Gasteiger charge is -2.39. The second kappa shape index (κ2) is 9.55. The normalized spacial score (nSPS) is 15.9. The number of halogens is 1. The number of aryl methyl sites for hydroxylation is 1. The fourth-order valence-corrected chi connectivity index (χ4v) is 3.49. The zero-order valence-electron chi connectivity index (χ0n) is 16.6. The Morgan fingerprint density at radius 2 is 1.79 bits per heavy atom. The van der Waals surface area contributed by atoms with Crippen molar-refractivity contribution < 1.29 is 9.18 Å². The fraction of sp³-hybridized carbons (Fsp3) is 0.409. The van der Waals surface area contributed by atoms with Gasteiger partial charge in [-0.1, -0.05) is 30.3 Å². The number of rotatable bonds is 6. The molecule has 0 bridgehead atoms. The first kappa shape index (κ1) is 20.1. The number of hydrogen-bond donors (Lipinski definition) is 2. The third-order valence-electron chi connectivity index (χ3n) is 5.29. The quantitative estimate of drug-likeness (QED) is 0.804. The molecule has 6 heteroatoms. The van der Waals surface area contributed by atoms with Crippen LogP contribution in [0.2, 0.25) is 0 Å². The number of piperazine rings is 1. The van der Waals surface area contributed by atoms with Crippen molar-refractivity contribution in [3.63, 3.8) is 0 Å². The smallest absolute Gasteiger partial charge is 0.315 e. The molecule has 0 aliphatic carbocycles. The van der Waals surface area contributed by atoms with Gasteiger partial charge >= 0.3 is 6.03 Å². The number of hydrogen-bond acceptors (Lipinski definition) is 3. The summed E-state index contributed by atoms with van der Waals surface area (Å²) in [6.07, 6.45) is 0. The Morgan fingerprint density at radius 1 is 1.07 bits per heavy atom. The average Bonchev–Trinajstić information content (AvgIpc) is 2.73. The number of benzene rings is 2. The maximum absolute atomic E-state index is 13.3. The second-order valence-corrected chi connectivity index (χ2v) is 7.35. The molecule has 1 unspecified atom stereocenters. The van der Waals surface area contributed by atoms with E-state index in [1.54, 1.807) is 19.1 Å². The Morgan fingerprint density at radius 3 is 2.46 bits per heavy atom. The molecule has 1 aliphatic heterocycles. The van der Waals surface area contributed by atoms with Crippen LogP contribution in [-0.2, 0) is 6.54 Å². The number of urea groups is 1. The van der Waals surface area contributed by atoms with Gasteiger partial charge in [-0.05, 0) is 43.2 Å². The SMILES string of the molecule is Cc1cc(CNC(=O)NCC(C)N2CCN(c3ccccc3)CC2)ccc1F. The van der Waals surface area contributed by atoms with Crippen molar-refractivity contribution in [1.82, 2.24) is 15.5 Å². The molecule has 2 amide bonds. The Bertz CT molecular complexity index is 775. The monoisotopic (exact) mass is 384 g/mol. The van der Waals surface area contributed by atoms with E-state index >= 15 is 0 Å². The van der Waals surface area contributed by atoms with Crippen molar-refractivity contribution in [2.75, 3.05) is 37.6 Å². The zero-order chi connectivity index (χ0) is 19.9. The van der Waals surface area contributed by atoms with Gasteiger partial charge in [0.15, 0.2) is 0 Å². The molecule has 1 heterocycles. The van der Waals surface area contributed by atoms with Gasteiger partial charge in [0.1, 0.15) is 5.82 Å². The minimum Gasteiger partial charge on any atom is -0.369 e. The van der Waals surface area contributed by atoms with E-state index in [-0.39, 0.29) is 17.9 Å². The fourth-order valence-electron chi connectivity index (χ4n) is 3.49. The summed E-state index contributed by atoms with van der Waals surface area (Å²) in [5.74, 6) is -0.227. The van der Waals surface area contributed by atoms with Crippen LogP contribution in [0.25, 0.3) is 0 Å². The molecular weight excluding hydrogens is 355 g/mol. The predicted octanol–water partition coefficient (Wildman–Crippen LogP) is 3.14. The van der Waals surface area contributed by atoms with Crippen molar-refractivity contribution in [2.45, 2.75) is 26.4 Å². The molecule has 0 spiro atoms. The van der Waals surface area contributed by atoms with Crippen LogP contribution in [0.3, 0.4) is 0 Å². The van der Waals surface area contributed by atoms with Crippen LogP contribution in [-0.4, -0.2) is 49.7 Å². The number of anilines is 1. The third kappa shape index (κ3) is 5.45. The number of amides is 2. The van der Waals surface area contributed by atoms with E-state index in [2.05, 4.69) is 51.6 Å². The number of carbonyl (C=O) groups is 1. The summed E-state index contributed by atoms with van der Waals surface area (Å²) >= 11 is 0. The van der Waals surface area contributed by atoms with E-state index in [0.717, 1.165) is 31.7 Å². The Kier molecular flexibility index (Phi) is 6.87. The first-order chi connectivity index (χ1) is 13.5. The maximum atomic E-state index is 13.3. The molecule has 1 aliphatic rings. The van der Waals surface area contributed by atoms with Crippen molar-refractivity contribution >= 4 is 11.7 Å². The second-order valence-electron chi connectivity index (χ2n) is 7.35.